The molecule has 2 heterocycles. The molecular weight excluding hydrogens is 410 g/mol. The quantitative estimate of drug-likeness (QED) is 0.692. The summed E-state index contributed by atoms with van der Waals surface area (Å²) in [6.07, 6.45) is 10.6. The number of hydrogen-bond acceptors (Lipinski definition) is 3. The molecule has 2 aliphatic heterocycles. The van der Waals surface area contributed by atoms with Gasteiger partial charge in [0.05, 0.1) is 0 Å². The van der Waals surface area contributed by atoms with Crippen LogP contribution in [0.4, 0.5) is 0 Å². The van der Waals surface area contributed by atoms with Crippen LogP contribution < -0.4 is 5.32 Å². The third kappa shape index (κ3) is 5.19. The molecule has 1 unspecified atom stereocenters. The van der Waals surface area contributed by atoms with Crippen LogP contribution in [-0.4, -0.2) is 61.2 Å². The van der Waals surface area contributed by atoms with Crippen molar-refractivity contribution in [2.45, 2.75) is 70.4 Å². The molecule has 4 heteroatoms. The van der Waals surface area contributed by atoms with Crippen molar-refractivity contribution in [2.75, 3.05) is 39.3 Å². The topological polar surface area (TPSA) is 18.5 Å². The van der Waals surface area contributed by atoms with Crippen LogP contribution in [0.2, 0.25) is 0 Å². The molecule has 4 rings (SSSR count). The number of nitrogens with one attached hydrogen (secondary N) is 1. The molecule has 1 aromatic carbocycles. The summed E-state index contributed by atoms with van der Waals surface area (Å²) in [5.41, 5.74) is 3.16. The Hall–Kier alpha value is -0.420. The molecule has 0 radical (unpaired) electrons. The standard InChI is InChI=1S/C24H38BrN3/c1-2-13-28(24-6-4-20-3-5-22(25)16-21(20)17-24)23-9-14-27(15-10-23)18-19-7-11-26-12-8-19/h3,5,16,19,23-24,26H,2,4,6-15,17-18H2,1H3. The second kappa shape index (κ2) is 10.1. The third-order valence-corrected chi connectivity index (χ3v) is 7.82. The SMILES string of the molecule is CCCN(C1CCN(CC2CCNCC2)CC1)C1CCc2ccc(Br)cc2C1. The summed E-state index contributed by atoms with van der Waals surface area (Å²) in [5.74, 6) is 0.929. The smallest absolute Gasteiger partial charge is 0.0178 e. The number of hydrogen-bond donors (Lipinski definition) is 1. The van der Waals surface area contributed by atoms with Gasteiger partial charge in [0.1, 0.15) is 0 Å². The highest BCUT2D eigenvalue weighted by Gasteiger charge is 2.32. The van der Waals surface area contributed by atoms with E-state index in [1.165, 1.54) is 95.1 Å². The van der Waals surface area contributed by atoms with Gasteiger partial charge in [-0.15, -0.1) is 0 Å². The van der Waals surface area contributed by atoms with Crippen molar-refractivity contribution in [3.63, 3.8) is 0 Å². The molecule has 0 aromatic heterocycles. The van der Waals surface area contributed by atoms with Crippen molar-refractivity contribution in [3.8, 4) is 0 Å². The number of rotatable bonds is 6. The van der Waals surface area contributed by atoms with Crippen LogP contribution in [-0.2, 0) is 12.8 Å². The first kappa shape index (κ1) is 20.8. The van der Waals surface area contributed by atoms with Crippen molar-refractivity contribution in [1.29, 1.82) is 0 Å². The Bertz CT molecular complexity index is 620. The maximum atomic E-state index is 3.68. The van der Waals surface area contributed by atoms with E-state index >= 15 is 0 Å². The summed E-state index contributed by atoms with van der Waals surface area (Å²) in [7, 11) is 0. The molecule has 1 atom stereocenters. The maximum absolute atomic E-state index is 3.68. The van der Waals surface area contributed by atoms with Gasteiger partial charge >= 0.3 is 0 Å². The molecular formula is C24H38BrN3. The summed E-state index contributed by atoms with van der Waals surface area (Å²) >= 11 is 3.68. The van der Waals surface area contributed by atoms with E-state index in [1.807, 2.05) is 0 Å². The number of likely N-dealkylation sites (tertiary alicyclic amines) is 1. The Morgan fingerprint density at radius 3 is 2.57 bits per heavy atom. The normalized spacial score (nSPS) is 25.2. The molecule has 0 bridgehead atoms. The zero-order valence-electron chi connectivity index (χ0n) is 17.6. The van der Waals surface area contributed by atoms with E-state index in [1.54, 1.807) is 11.1 Å². The molecule has 1 N–H and O–H groups in total. The summed E-state index contributed by atoms with van der Waals surface area (Å²) in [5, 5.41) is 3.51. The highest BCUT2D eigenvalue weighted by Crippen LogP contribution is 2.30. The van der Waals surface area contributed by atoms with Crippen LogP contribution in [0.5, 0.6) is 0 Å². The number of fused-ring (bicyclic) bond motifs is 1. The number of benzene rings is 1. The first-order valence-electron chi connectivity index (χ1n) is 11.7. The van der Waals surface area contributed by atoms with Crippen LogP contribution in [0, 0.1) is 5.92 Å². The Labute approximate surface area is 180 Å². The minimum Gasteiger partial charge on any atom is -0.317 e. The minimum atomic E-state index is 0.739. The summed E-state index contributed by atoms with van der Waals surface area (Å²) in [6, 6.07) is 8.44. The van der Waals surface area contributed by atoms with Crippen LogP contribution in [0.1, 0.15) is 56.6 Å². The van der Waals surface area contributed by atoms with E-state index in [4.69, 9.17) is 0 Å². The van der Waals surface area contributed by atoms with E-state index in [-0.39, 0.29) is 0 Å². The van der Waals surface area contributed by atoms with Crippen LogP contribution in [0.25, 0.3) is 0 Å². The Balaban J connectivity index is 1.33. The number of nitrogens with zero attached hydrogens (tertiary/aromatic N) is 2. The molecule has 3 nitrogen and oxygen atoms in total. The van der Waals surface area contributed by atoms with E-state index < -0.39 is 0 Å². The molecule has 2 fully saturated rings. The highest BCUT2D eigenvalue weighted by molar-refractivity contribution is 9.10. The molecule has 156 valence electrons. The largest absolute Gasteiger partial charge is 0.317 e. The van der Waals surface area contributed by atoms with Gasteiger partial charge in [0.15, 0.2) is 0 Å². The zero-order chi connectivity index (χ0) is 19.3. The van der Waals surface area contributed by atoms with Gasteiger partial charge in [-0.3, -0.25) is 4.90 Å². The first-order valence-corrected chi connectivity index (χ1v) is 12.5. The molecule has 2 saturated heterocycles. The average molecular weight is 448 g/mol. The fourth-order valence-electron chi connectivity index (χ4n) is 5.77. The van der Waals surface area contributed by atoms with E-state index in [2.05, 4.69) is 56.2 Å². The second-order valence-electron chi connectivity index (χ2n) is 9.27. The summed E-state index contributed by atoms with van der Waals surface area (Å²) in [4.78, 5) is 5.68. The monoisotopic (exact) mass is 447 g/mol. The molecule has 1 aromatic rings. The molecule has 0 saturated carbocycles. The van der Waals surface area contributed by atoms with Crippen molar-refractivity contribution >= 4 is 15.9 Å². The van der Waals surface area contributed by atoms with Crippen LogP contribution >= 0.6 is 15.9 Å². The van der Waals surface area contributed by atoms with Crippen LogP contribution in [0.3, 0.4) is 0 Å². The van der Waals surface area contributed by atoms with E-state index in [9.17, 15) is 0 Å². The maximum Gasteiger partial charge on any atom is 0.0178 e. The molecule has 28 heavy (non-hydrogen) atoms. The van der Waals surface area contributed by atoms with Gasteiger partial charge in [-0.1, -0.05) is 28.9 Å². The van der Waals surface area contributed by atoms with Gasteiger partial charge in [0.2, 0.25) is 0 Å². The van der Waals surface area contributed by atoms with Gasteiger partial charge in [0.25, 0.3) is 0 Å². The summed E-state index contributed by atoms with van der Waals surface area (Å²) < 4.78 is 1.24. The van der Waals surface area contributed by atoms with Crippen molar-refractivity contribution in [3.05, 3.63) is 33.8 Å². The average Bonchev–Trinajstić information content (AvgIpc) is 2.73. The lowest BCUT2D eigenvalue weighted by Crippen LogP contribution is -2.51. The molecule has 3 aliphatic rings. The van der Waals surface area contributed by atoms with Gasteiger partial charge in [0, 0.05) is 23.1 Å². The predicted octanol–water partition coefficient (Wildman–Crippen LogP) is 4.48. The lowest BCUT2D eigenvalue weighted by molar-refractivity contribution is 0.0599. The molecule has 1 aliphatic carbocycles. The van der Waals surface area contributed by atoms with Crippen LogP contribution in [0.15, 0.2) is 22.7 Å². The van der Waals surface area contributed by atoms with Crippen molar-refractivity contribution < 1.29 is 0 Å². The number of piperidine rings is 2. The lowest BCUT2D eigenvalue weighted by atomic mass is 9.86. The fraction of sp³-hybridized carbons (Fsp3) is 0.750. The molecule has 0 amide bonds. The first-order chi connectivity index (χ1) is 13.7. The van der Waals surface area contributed by atoms with Gasteiger partial charge in [-0.05, 0) is 113 Å². The second-order valence-corrected chi connectivity index (χ2v) is 10.2. The van der Waals surface area contributed by atoms with Gasteiger partial charge < -0.3 is 10.2 Å². The Morgan fingerprint density at radius 2 is 1.82 bits per heavy atom. The highest BCUT2D eigenvalue weighted by atomic mass is 79.9. The van der Waals surface area contributed by atoms with Crippen molar-refractivity contribution in [2.24, 2.45) is 5.92 Å². The Kier molecular flexibility index (Phi) is 7.49. The van der Waals surface area contributed by atoms with E-state index in [0.29, 0.717) is 0 Å². The Morgan fingerprint density at radius 1 is 1.04 bits per heavy atom. The number of halogens is 1. The minimum absolute atomic E-state index is 0.739. The zero-order valence-corrected chi connectivity index (χ0v) is 19.2. The van der Waals surface area contributed by atoms with Gasteiger partial charge in [-0.25, -0.2) is 0 Å². The van der Waals surface area contributed by atoms with Gasteiger partial charge in [-0.2, -0.15) is 0 Å². The summed E-state index contributed by atoms with van der Waals surface area (Å²) in [6.45, 7) is 10.0. The fourth-order valence-corrected chi connectivity index (χ4v) is 6.18. The van der Waals surface area contributed by atoms with Crippen molar-refractivity contribution in [1.82, 2.24) is 15.1 Å². The number of aryl methyl sites for hydroxylation is 1. The predicted molar refractivity (Wildman–Crippen MR) is 122 cm³/mol. The molecule has 0 spiro atoms. The lowest BCUT2D eigenvalue weighted by Gasteiger charge is -2.44. The van der Waals surface area contributed by atoms with E-state index in [0.717, 1.165) is 18.0 Å². The third-order valence-electron chi connectivity index (χ3n) is 7.32.